The molecule has 1 aromatic carbocycles. The zero-order chi connectivity index (χ0) is 17.7. The van der Waals surface area contributed by atoms with E-state index >= 15 is 0 Å². The molecule has 1 aliphatic heterocycles. The van der Waals surface area contributed by atoms with Crippen molar-refractivity contribution in [1.29, 1.82) is 0 Å². The predicted octanol–water partition coefficient (Wildman–Crippen LogP) is 2.74. The molecule has 2 rings (SSSR count). The van der Waals surface area contributed by atoms with Crippen molar-refractivity contribution in [2.24, 2.45) is 0 Å². The summed E-state index contributed by atoms with van der Waals surface area (Å²) in [6.45, 7) is 6.84. The second-order valence-corrected chi connectivity index (χ2v) is 6.19. The van der Waals surface area contributed by atoms with Gasteiger partial charge in [0, 0.05) is 37.9 Å². The van der Waals surface area contributed by atoms with Crippen molar-refractivity contribution in [2.75, 3.05) is 37.6 Å². The van der Waals surface area contributed by atoms with E-state index in [2.05, 4.69) is 5.32 Å². The molecule has 1 atom stereocenters. The quantitative estimate of drug-likeness (QED) is 0.893. The van der Waals surface area contributed by atoms with E-state index in [1.807, 2.05) is 23.6 Å². The standard InChI is InChI=1S/C17H24F3N3O/c1-3-13(2)21-16(24)12-22-7-9-23(10-8-22)15-6-4-5-14(11-15)17(18,19)20/h4-6,11,13H,3,7-10,12H2,1-2H3,(H,21,24)/t13-/m1/s1. The average Bonchev–Trinajstić information content (AvgIpc) is 2.54. The molecule has 0 aromatic heterocycles. The number of nitrogens with zero attached hydrogens (tertiary/aromatic N) is 2. The van der Waals surface area contributed by atoms with Gasteiger partial charge in [0.2, 0.25) is 5.91 Å². The highest BCUT2D eigenvalue weighted by molar-refractivity contribution is 5.78. The van der Waals surface area contributed by atoms with Crippen molar-refractivity contribution in [3.8, 4) is 0 Å². The van der Waals surface area contributed by atoms with Gasteiger partial charge in [-0.3, -0.25) is 9.69 Å². The van der Waals surface area contributed by atoms with Crippen LogP contribution >= 0.6 is 0 Å². The Bertz CT molecular complexity index is 554. The second kappa shape index (κ2) is 7.88. The lowest BCUT2D eigenvalue weighted by Gasteiger charge is -2.36. The average molecular weight is 343 g/mol. The van der Waals surface area contributed by atoms with Crippen molar-refractivity contribution < 1.29 is 18.0 Å². The molecule has 1 fully saturated rings. The van der Waals surface area contributed by atoms with Gasteiger partial charge < -0.3 is 10.2 Å². The number of halogens is 3. The van der Waals surface area contributed by atoms with E-state index in [1.54, 1.807) is 6.07 Å². The summed E-state index contributed by atoms with van der Waals surface area (Å²) in [4.78, 5) is 15.9. The number of rotatable bonds is 5. The van der Waals surface area contributed by atoms with Crippen LogP contribution < -0.4 is 10.2 Å². The highest BCUT2D eigenvalue weighted by Gasteiger charge is 2.31. The molecule has 24 heavy (non-hydrogen) atoms. The Balaban J connectivity index is 1.88. The van der Waals surface area contributed by atoms with Crippen LogP contribution in [0.4, 0.5) is 18.9 Å². The number of hydrogen-bond donors (Lipinski definition) is 1. The summed E-state index contributed by atoms with van der Waals surface area (Å²) in [5, 5.41) is 2.92. The van der Waals surface area contributed by atoms with Crippen LogP contribution in [-0.4, -0.2) is 49.6 Å². The number of piperazine rings is 1. The molecule has 1 aliphatic rings. The first-order chi connectivity index (χ1) is 11.3. The third-order valence-corrected chi connectivity index (χ3v) is 4.30. The number of nitrogens with one attached hydrogen (secondary N) is 1. The number of anilines is 1. The van der Waals surface area contributed by atoms with Gasteiger partial charge in [0.05, 0.1) is 12.1 Å². The minimum atomic E-state index is -4.33. The fourth-order valence-corrected chi connectivity index (χ4v) is 2.67. The van der Waals surface area contributed by atoms with Crippen molar-refractivity contribution in [1.82, 2.24) is 10.2 Å². The van der Waals surface area contributed by atoms with Gasteiger partial charge in [0.15, 0.2) is 0 Å². The van der Waals surface area contributed by atoms with E-state index in [4.69, 9.17) is 0 Å². The summed E-state index contributed by atoms with van der Waals surface area (Å²) < 4.78 is 38.4. The maximum atomic E-state index is 12.8. The molecule has 1 amide bonds. The SMILES string of the molecule is CC[C@@H](C)NC(=O)CN1CCN(c2cccc(C(F)(F)F)c2)CC1. The zero-order valence-electron chi connectivity index (χ0n) is 14.1. The van der Waals surface area contributed by atoms with Crippen LogP contribution in [0.5, 0.6) is 0 Å². The highest BCUT2D eigenvalue weighted by Crippen LogP contribution is 2.31. The first kappa shape index (κ1) is 18.6. The van der Waals surface area contributed by atoms with Crippen LogP contribution in [-0.2, 0) is 11.0 Å². The topological polar surface area (TPSA) is 35.6 Å². The number of amides is 1. The largest absolute Gasteiger partial charge is 0.416 e. The first-order valence-electron chi connectivity index (χ1n) is 8.23. The normalized spacial score (nSPS) is 17.6. The second-order valence-electron chi connectivity index (χ2n) is 6.19. The van der Waals surface area contributed by atoms with Crippen LogP contribution in [0, 0.1) is 0 Å². The lowest BCUT2D eigenvalue weighted by Crippen LogP contribution is -2.50. The van der Waals surface area contributed by atoms with E-state index in [0.717, 1.165) is 12.5 Å². The van der Waals surface area contributed by atoms with Crippen molar-refractivity contribution in [3.63, 3.8) is 0 Å². The van der Waals surface area contributed by atoms with Gasteiger partial charge >= 0.3 is 6.18 Å². The number of alkyl halides is 3. The maximum absolute atomic E-state index is 12.8. The van der Waals surface area contributed by atoms with E-state index in [0.29, 0.717) is 38.4 Å². The molecule has 0 radical (unpaired) electrons. The summed E-state index contributed by atoms with van der Waals surface area (Å²) in [5.41, 5.74) is -0.0520. The lowest BCUT2D eigenvalue weighted by atomic mass is 10.1. The summed E-state index contributed by atoms with van der Waals surface area (Å²) in [7, 11) is 0. The first-order valence-corrected chi connectivity index (χ1v) is 8.23. The highest BCUT2D eigenvalue weighted by atomic mass is 19.4. The predicted molar refractivity (Wildman–Crippen MR) is 88.0 cm³/mol. The number of carbonyl (C=O) groups is 1. The minimum absolute atomic E-state index is 0.00290. The van der Waals surface area contributed by atoms with Gasteiger partial charge in [0.25, 0.3) is 0 Å². The van der Waals surface area contributed by atoms with E-state index in [-0.39, 0.29) is 11.9 Å². The van der Waals surface area contributed by atoms with Crippen LogP contribution in [0.2, 0.25) is 0 Å². The number of hydrogen-bond acceptors (Lipinski definition) is 3. The third-order valence-electron chi connectivity index (χ3n) is 4.30. The lowest BCUT2D eigenvalue weighted by molar-refractivity contribution is -0.137. The Hall–Kier alpha value is -1.76. The van der Waals surface area contributed by atoms with Crippen LogP contribution in [0.15, 0.2) is 24.3 Å². The number of benzene rings is 1. The molecule has 0 bridgehead atoms. The summed E-state index contributed by atoms with van der Waals surface area (Å²) >= 11 is 0. The Labute approximate surface area is 140 Å². The number of carbonyl (C=O) groups excluding carboxylic acids is 1. The van der Waals surface area contributed by atoms with Gasteiger partial charge in [-0.1, -0.05) is 13.0 Å². The van der Waals surface area contributed by atoms with Crippen molar-refractivity contribution >= 4 is 11.6 Å². The fourth-order valence-electron chi connectivity index (χ4n) is 2.67. The molecular formula is C17H24F3N3O. The van der Waals surface area contributed by atoms with Gasteiger partial charge in [0.1, 0.15) is 0 Å². The summed E-state index contributed by atoms with van der Waals surface area (Å²) in [5.74, 6) is -0.00290. The summed E-state index contributed by atoms with van der Waals surface area (Å²) in [6.07, 6.45) is -3.44. The van der Waals surface area contributed by atoms with Gasteiger partial charge in [-0.05, 0) is 31.5 Å². The molecule has 0 saturated carbocycles. The fraction of sp³-hybridized carbons (Fsp3) is 0.588. The molecule has 1 heterocycles. The minimum Gasteiger partial charge on any atom is -0.369 e. The molecule has 4 nitrogen and oxygen atoms in total. The third kappa shape index (κ3) is 5.12. The monoisotopic (exact) mass is 343 g/mol. The van der Waals surface area contributed by atoms with Gasteiger partial charge in [-0.25, -0.2) is 0 Å². The molecule has 1 aromatic rings. The van der Waals surface area contributed by atoms with Gasteiger partial charge in [-0.2, -0.15) is 13.2 Å². The molecule has 0 unspecified atom stereocenters. The molecule has 0 spiro atoms. The Morgan fingerprint density at radius 2 is 1.92 bits per heavy atom. The molecule has 0 aliphatic carbocycles. The van der Waals surface area contributed by atoms with E-state index in [9.17, 15) is 18.0 Å². The van der Waals surface area contributed by atoms with Crippen LogP contribution in [0.1, 0.15) is 25.8 Å². The molecule has 1 saturated heterocycles. The zero-order valence-corrected chi connectivity index (χ0v) is 14.1. The van der Waals surface area contributed by atoms with E-state index in [1.165, 1.54) is 12.1 Å². The smallest absolute Gasteiger partial charge is 0.369 e. The summed E-state index contributed by atoms with van der Waals surface area (Å²) in [6, 6.07) is 5.55. The Kier molecular flexibility index (Phi) is 6.10. The van der Waals surface area contributed by atoms with Crippen LogP contribution in [0.3, 0.4) is 0 Å². The van der Waals surface area contributed by atoms with E-state index < -0.39 is 11.7 Å². The Morgan fingerprint density at radius 1 is 1.25 bits per heavy atom. The molecular weight excluding hydrogens is 319 g/mol. The van der Waals surface area contributed by atoms with Crippen LogP contribution in [0.25, 0.3) is 0 Å². The van der Waals surface area contributed by atoms with Gasteiger partial charge in [-0.15, -0.1) is 0 Å². The molecule has 134 valence electrons. The molecule has 1 N–H and O–H groups in total. The van der Waals surface area contributed by atoms with Crippen molar-refractivity contribution in [3.05, 3.63) is 29.8 Å². The molecule has 7 heteroatoms. The maximum Gasteiger partial charge on any atom is 0.416 e. The Morgan fingerprint density at radius 3 is 2.50 bits per heavy atom. The van der Waals surface area contributed by atoms with Crippen molar-refractivity contribution in [2.45, 2.75) is 32.5 Å².